The normalized spacial score (nSPS) is 29.4. The minimum atomic E-state index is -0.187. The molecule has 2 N–H and O–H groups in total. The standard InChI is InChI=1S/C12H25NO/c1-8(2)10-5-11(6-10)13-7-12(14)9(3)4/h8-14H,5-7H2,1-4H3. The van der Waals surface area contributed by atoms with Crippen molar-refractivity contribution in [3.63, 3.8) is 0 Å². The third-order valence-corrected chi connectivity index (χ3v) is 3.50. The fourth-order valence-electron chi connectivity index (χ4n) is 1.90. The number of hydrogen-bond donors (Lipinski definition) is 2. The topological polar surface area (TPSA) is 32.3 Å². The number of aliphatic hydroxyl groups is 1. The molecule has 1 aliphatic carbocycles. The Bertz CT molecular complexity index is 162. The molecule has 1 saturated carbocycles. The number of nitrogens with one attached hydrogen (secondary N) is 1. The molecule has 0 aromatic heterocycles. The van der Waals surface area contributed by atoms with Crippen molar-refractivity contribution in [1.29, 1.82) is 0 Å². The zero-order chi connectivity index (χ0) is 10.7. The number of aliphatic hydroxyl groups excluding tert-OH is 1. The molecule has 1 aliphatic rings. The molecule has 0 radical (unpaired) electrons. The van der Waals surface area contributed by atoms with Crippen molar-refractivity contribution in [2.45, 2.75) is 52.7 Å². The maximum absolute atomic E-state index is 9.61. The second kappa shape index (κ2) is 5.13. The molecular weight excluding hydrogens is 174 g/mol. The molecule has 0 heterocycles. The van der Waals surface area contributed by atoms with Crippen LogP contribution in [0.4, 0.5) is 0 Å². The maximum Gasteiger partial charge on any atom is 0.0687 e. The first-order valence-corrected chi connectivity index (χ1v) is 5.92. The minimum Gasteiger partial charge on any atom is -0.392 e. The minimum absolute atomic E-state index is 0.187. The summed E-state index contributed by atoms with van der Waals surface area (Å²) in [6, 6.07) is 0.663. The lowest BCUT2D eigenvalue weighted by Gasteiger charge is -2.39. The van der Waals surface area contributed by atoms with Gasteiger partial charge < -0.3 is 10.4 Å². The van der Waals surface area contributed by atoms with Crippen molar-refractivity contribution >= 4 is 0 Å². The fourth-order valence-corrected chi connectivity index (χ4v) is 1.90. The second-order valence-electron chi connectivity index (χ2n) is 5.39. The molecule has 14 heavy (non-hydrogen) atoms. The summed E-state index contributed by atoms with van der Waals surface area (Å²) < 4.78 is 0. The van der Waals surface area contributed by atoms with Crippen LogP contribution in [0.5, 0.6) is 0 Å². The van der Waals surface area contributed by atoms with E-state index in [0.29, 0.717) is 12.0 Å². The Labute approximate surface area is 88.1 Å². The molecule has 0 saturated heterocycles. The predicted molar refractivity (Wildman–Crippen MR) is 60.2 cm³/mol. The highest BCUT2D eigenvalue weighted by Crippen LogP contribution is 2.33. The van der Waals surface area contributed by atoms with Crippen LogP contribution in [0.2, 0.25) is 0 Å². The lowest BCUT2D eigenvalue weighted by molar-refractivity contribution is 0.0995. The summed E-state index contributed by atoms with van der Waals surface area (Å²) in [7, 11) is 0. The molecule has 0 aromatic carbocycles. The van der Waals surface area contributed by atoms with Gasteiger partial charge in [-0.1, -0.05) is 27.7 Å². The SMILES string of the molecule is CC(C)C(O)CNC1CC(C(C)C)C1. The van der Waals surface area contributed by atoms with Crippen LogP contribution < -0.4 is 5.32 Å². The molecule has 0 amide bonds. The number of hydrogen-bond acceptors (Lipinski definition) is 2. The molecular formula is C12H25NO. The van der Waals surface area contributed by atoms with Gasteiger partial charge in [0.2, 0.25) is 0 Å². The van der Waals surface area contributed by atoms with Crippen molar-refractivity contribution in [3.8, 4) is 0 Å². The average molecular weight is 199 g/mol. The summed E-state index contributed by atoms with van der Waals surface area (Å²) in [5, 5.41) is 13.0. The van der Waals surface area contributed by atoms with Gasteiger partial charge in [0.1, 0.15) is 0 Å². The number of rotatable bonds is 5. The van der Waals surface area contributed by atoms with Crippen molar-refractivity contribution in [3.05, 3.63) is 0 Å². The Morgan fingerprint density at radius 2 is 1.79 bits per heavy atom. The third kappa shape index (κ3) is 3.25. The van der Waals surface area contributed by atoms with Crippen LogP contribution in [0.25, 0.3) is 0 Å². The molecule has 0 aliphatic heterocycles. The van der Waals surface area contributed by atoms with Crippen LogP contribution in [0.1, 0.15) is 40.5 Å². The second-order valence-corrected chi connectivity index (χ2v) is 5.39. The monoisotopic (exact) mass is 199 g/mol. The van der Waals surface area contributed by atoms with E-state index in [1.807, 2.05) is 0 Å². The molecule has 1 rings (SSSR count). The van der Waals surface area contributed by atoms with E-state index >= 15 is 0 Å². The van der Waals surface area contributed by atoms with E-state index in [2.05, 4.69) is 33.0 Å². The van der Waals surface area contributed by atoms with Gasteiger partial charge in [-0.25, -0.2) is 0 Å². The van der Waals surface area contributed by atoms with Crippen LogP contribution in [-0.2, 0) is 0 Å². The largest absolute Gasteiger partial charge is 0.392 e. The van der Waals surface area contributed by atoms with E-state index in [4.69, 9.17) is 0 Å². The summed E-state index contributed by atoms with van der Waals surface area (Å²) in [5.74, 6) is 2.09. The maximum atomic E-state index is 9.61. The van der Waals surface area contributed by atoms with Gasteiger partial charge in [0.25, 0.3) is 0 Å². The molecule has 0 aromatic rings. The van der Waals surface area contributed by atoms with Gasteiger partial charge in [0.15, 0.2) is 0 Å². The zero-order valence-corrected chi connectivity index (χ0v) is 9.96. The molecule has 2 nitrogen and oxygen atoms in total. The first kappa shape index (κ1) is 12.0. The van der Waals surface area contributed by atoms with Crippen LogP contribution >= 0.6 is 0 Å². The Morgan fingerprint density at radius 1 is 1.21 bits per heavy atom. The summed E-state index contributed by atoms with van der Waals surface area (Å²) in [6.45, 7) is 9.47. The van der Waals surface area contributed by atoms with Gasteiger partial charge in [-0.3, -0.25) is 0 Å². The Kier molecular flexibility index (Phi) is 4.39. The van der Waals surface area contributed by atoms with E-state index in [0.717, 1.165) is 18.4 Å². The lowest BCUT2D eigenvalue weighted by Crippen LogP contribution is -2.46. The van der Waals surface area contributed by atoms with Crippen LogP contribution in [0.3, 0.4) is 0 Å². The van der Waals surface area contributed by atoms with Gasteiger partial charge in [0, 0.05) is 12.6 Å². The fraction of sp³-hybridized carbons (Fsp3) is 1.00. The van der Waals surface area contributed by atoms with Crippen LogP contribution in [0.15, 0.2) is 0 Å². The van der Waals surface area contributed by atoms with Crippen molar-refractivity contribution in [1.82, 2.24) is 5.32 Å². The van der Waals surface area contributed by atoms with Crippen molar-refractivity contribution in [2.75, 3.05) is 6.54 Å². The lowest BCUT2D eigenvalue weighted by atomic mass is 9.73. The van der Waals surface area contributed by atoms with Gasteiger partial charge >= 0.3 is 0 Å². The van der Waals surface area contributed by atoms with Crippen molar-refractivity contribution in [2.24, 2.45) is 17.8 Å². The zero-order valence-electron chi connectivity index (χ0n) is 9.96. The van der Waals surface area contributed by atoms with Crippen LogP contribution in [-0.4, -0.2) is 23.8 Å². The smallest absolute Gasteiger partial charge is 0.0687 e. The highest BCUT2D eigenvalue weighted by molar-refractivity contribution is 4.87. The first-order valence-electron chi connectivity index (χ1n) is 5.92. The van der Waals surface area contributed by atoms with Crippen molar-refractivity contribution < 1.29 is 5.11 Å². The highest BCUT2D eigenvalue weighted by Gasteiger charge is 2.30. The average Bonchev–Trinajstić information content (AvgIpc) is 1.99. The summed E-state index contributed by atoms with van der Waals surface area (Å²) >= 11 is 0. The van der Waals surface area contributed by atoms with E-state index in [9.17, 15) is 5.11 Å². The molecule has 2 heteroatoms. The van der Waals surface area contributed by atoms with E-state index in [1.54, 1.807) is 0 Å². The Balaban J connectivity index is 2.06. The Morgan fingerprint density at radius 3 is 2.21 bits per heavy atom. The first-order chi connectivity index (χ1) is 6.50. The highest BCUT2D eigenvalue weighted by atomic mass is 16.3. The van der Waals surface area contributed by atoms with Gasteiger partial charge in [-0.15, -0.1) is 0 Å². The molecule has 0 bridgehead atoms. The summed E-state index contributed by atoms with van der Waals surface area (Å²) in [6.07, 6.45) is 2.40. The third-order valence-electron chi connectivity index (χ3n) is 3.50. The molecule has 1 atom stereocenters. The van der Waals surface area contributed by atoms with Gasteiger partial charge in [-0.05, 0) is 30.6 Å². The molecule has 0 spiro atoms. The molecule has 1 fully saturated rings. The van der Waals surface area contributed by atoms with E-state index in [-0.39, 0.29) is 6.10 Å². The Hall–Kier alpha value is -0.0800. The quantitative estimate of drug-likeness (QED) is 0.710. The summed E-state index contributed by atoms with van der Waals surface area (Å²) in [5.41, 5.74) is 0. The molecule has 1 unspecified atom stereocenters. The summed E-state index contributed by atoms with van der Waals surface area (Å²) in [4.78, 5) is 0. The van der Waals surface area contributed by atoms with E-state index in [1.165, 1.54) is 12.8 Å². The van der Waals surface area contributed by atoms with Crippen LogP contribution in [0, 0.1) is 17.8 Å². The predicted octanol–water partition coefficient (Wildman–Crippen LogP) is 2.03. The van der Waals surface area contributed by atoms with E-state index < -0.39 is 0 Å². The molecule has 84 valence electrons. The van der Waals surface area contributed by atoms with Gasteiger partial charge in [-0.2, -0.15) is 0 Å². The van der Waals surface area contributed by atoms with Gasteiger partial charge in [0.05, 0.1) is 6.10 Å².